The molecule has 2 heterocycles. The molecule has 4 rings (SSSR count). The molecule has 2 unspecified atom stereocenters. The molecule has 8 heteroatoms. The fourth-order valence-electron chi connectivity index (χ4n) is 5.20. The molecule has 0 N–H and O–H groups in total. The normalized spacial score (nSPS) is 20.9. The van der Waals surface area contributed by atoms with Gasteiger partial charge in [-0.1, -0.05) is 82.1 Å². The van der Waals surface area contributed by atoms with E-state index in [1.54, 1.807) is 0 Å². The first kappa shape index (κ1) is 28.9. The van der Waals surface area contributed by atoms with E-state index in [9.17, 15) is 9.59 Å². The summed E-state index contributed by atoms with van der Waals surface area (Å²) in [6.45, 7) is 12.8. The van der Waals surface area contributed by atoms with Crippen molar-refractivity contribution in [2.24, 2.45) is 10.8 Å². The van der Waals surface area contributed by atoms with Gasteiger partial charge in [-0.3, -0.25) is 9.59 Å². The van der Waals surface area contributed by atoms with Gasteiger partial charge in [0.05, 0.1) is 26.3 Å². The molecule has 0 radical (unpaired) electrons. The molecule has 6 nitrogen and oxygen atoms in total. The van der Waals surface area contributed by atoms with Crippen LogP contribution in [0.15, 0.2) is 42.5 Å². The SMILES string of the molecule is CC(C)(C)C(=O)N1CCOC(c2cc(CC(C)(C)C(=O)N3CCOC(c4cccc(Cl)c4)C3)ccc2Cl)C1. The van der Waals surface area contributed by atoms with Crippen molar-refractivity contribution in [3.05, 3.63) is 69.2 Å². The first-order chi connectivity index (χ1) is 17.8. The van der Waals surface area contributed by atoms with Crippen molar-refractivity contribution in [3.8, 4) is 0 Å². The highest BCUT2D eigenvalue weighted by Crippen LogP contribution is 2.34. The Kier molecular flexibility index (Phi) is 8.78. The van der Waals surface area contributed by atoms with E-state index in [1.807, 2.05) is 86.9 Å². The summed E-state index contributed by atoms with van der Waals surface area (Å²) in [6.07, 6.45) is 0.0394. The van der Waals surface area contributed by atoms with Crippen LogP contribution in [0.2, 0.25) is 10.0 Å². The maximum Gasteiger partial charge on any atom is 0.228 e. The number of rotatable bonds is 5. The molecule has 206 valence electrons. The summed E-state index contributed by atoms with van der Waals surface area (Å²) in [5.74, 6) is 0.187. The topological polar surface area (TPSA) is 59.1 Å². The number of benzene rings is 2. The molecule has 2 aliphatic rings. The molecule has 0 bridgehead atoms. The largest absolute Gasteiger partial charge is 0.370 e. The summed E-state index contributed by atoms with van der Waals surface area (Å²) < 4.78 is 12.0. The Balaban J connectivity index is 1.46. The van der Waals surface area contributed by atoms with E-state index >= 15 is 0 Å². The van der Waals surface area contributed by atoms with E-state index in [2.05, 4.69) is 0 Å². The highest BCUT2D eigenvalue weighted by molar-refractivity contribution is 6.31. The van der Waals surface area contributed by atoms with E-state index in [0.717, 1.165) is 16.7 Å². The number of amides is 2. The average Bonchev–Trinajstić information content (AvgIpc) is 2.88. The summed E-state index contributed by atoms with van der Waals surface area (Å²) in [6, 6.07) is 13.5. The second kappa shape index (κ2) is 11.5. The van der Waals surface area contributed by atoms with E-state index < -0.39 is 10.8 Å². The first-order valence-electron chi connectivity index (χ1n) is 13.2. The van der Waals surface area contributed by atoms with E-state index in [1.165, 1.54) is 0 Å². The van der Waals surface area contributed by atoms with Gasteiger partial charge in [0.2, 0.25) is 11.8 Å². The van der Waals surface area contributed by atoms with E-state index in [0.29, 0.717) is 55.9 Å². The van der Waals surface area contributed by atoms with Crippen LogP contribution in [0, 0.1) is 10.8 Å². The number of hydrogen-bond donors (Lipinski definition) is 0. The lowest BCUT2D eigenvalue weighted by Crippen LogP contribution is -2.48. The Morgan fingerprint density at radius 1 is 0.868 bits per heavy atom. The zero-order valence-corrected chi connectivity index (χ0v) is 24.4. The fraction of sp³-hybridized carbons (Fsp3) is 0.533. The third kappa shape index (κ3) is 6.71. The molecular weight excluding hydrogens is 523 g/mol. The third-order valence-corrected chi connectivity index (χ3v) is 7.78. The van der Waals surface area contributed by atoms with E-state index in [-0.39, 0.29) is 24.0 Å². The predicted octanol–water partition coefficient (Wildman–Crippen LogP) is 6.11. The average molecular weight is 562 g/mol. The third-order valence-electron chi connectivity index (χ3n) is 7.20. The number of halogens is 2. The maximum absolute atomic E-state index is 13.7. The minimum atomic E-state index is -0.636. The summed E-state index contributed by atoms with van der Waals surface area (Å²) >= 11 is 12.8. The van der Waals surface area contributed by atoms with Gasteiger partial charge < -0.3 is 19.3 Å². The molecule has 2 fully saturated rings. The molecule has 2 aliphatic heterocycles. The summed E-state index contributed by atoms with van der Waals surface area (Å²) in [5, 5.41) is 1.26. The molecule has 0 aromatic heterocycles. The highest BCUT2D eigenvalue weighted by Gasteiger charge is 2.36. The Morgan fingerprint density at radius 3 is 2.16 bits per heavy atom. The number of hydrogen-bond acceptors (Lipinski definition) is 4. The van der Waals surface area contributed by atoms with Crippen molar-refractivity contribution in [1.82, 2.24) is 9.80 Å². The van der Waals surface area contributed by atoms with Crippen LogP contribution >= 0.6 is 23.2 Å². The van der Waals surface area contributed by atoms with Crippen molar-refractivity contribution in [2.75, 3.05) is 39.4 Å². The minimum Gasteiger partial charge on any atom is -0.370 e. The zero-order chi connectivity index (χ0) is 27.7. The number of carbonyl (C=O) groups is 2. The Bertz CT molecular complexity index is 1180. The molecule has 38 heavy (non-hydrogen) atoms. The number of nitrogens with zero attached hydrogens (tertiary/aromatic N) is 2. The molecule has 2 amide bonds. The van der Waals surface area contributed by atoms with Crippen molar-refractivity contribution in [1.29, 1.82) is 0 Å². The summed E-state index contributed by atoms with van der Waals surface area (Å²) in [5.41, 5.74) is 1.74. The monoisotopic (exact) mass is 560 g/mol. The molecule has 2 aromatic carbocycles. The molecule has 2 atom stereocenters. The second-order valence-electron chi connectivity index (χ2n) is 11.9. The lowest BCUT2D eigenvalue weighted by molar-refractivity contribution is -0.148. The van der Waals surface area contributed by atoms with Gasteiger partial charge in [0.1, 0.15) is 12.2 Å². The van der Waals surface area contributed by atoms with Gasteiger partial charge in [0.15, 0.2) is 0 Å². The molecular formula is C30H38Cl2N2O4. The van der Waals surface area contributed by atoms with Crippen LogP contribution in [0.4, 0.5) is 0 Å². The second-order valence-corrected chi connectivity index (χ2v) is 12.8. The smallest absolute Gasteiger partial charge is 0.228 e. The van der Waals surface area contributed by atoms with Crippen LogP contribution < -0.4 is 0 Å². The Labute approximate surface area is 236 Å². The standard InChI is InChI=1S/C30H38Cl2N2O4/c1-29(2,3)27(35)33-11-14-38-26(19-33)23-15-20(9-10-24(23)32)17-30(4,5)28(36)34-12-13-37-25(18-34)21-7-6-8-22(31)16-21/h6-10,15-16,25-26H,11-14,17-19H2,1-5H3. The van der Waals surface area contributed by atoms with Crippen LogP contribution in [0.1, 0.15) is 63.5 Å². The molecule has 2 aromatic rings. The molecule has 0 spiro atoms. The van der Waals surface area contributed by atoms with Crippen molar-refractivity contribution in [3.63, 3.8) is 0 Å². The molecule has 0 aliphatic carbocycles. The van der Waals surface area contributed by atoms with Gasteiger partial charge in [0.25, 0.3) is 0 Å². The van der Waals surface area contributed by atoms with Crippen LogP contribution in [0.25, 0.3) is 0 Å². The summed E-state index contributed by atoms with van der Waals surface area (Å²) in [7, 11) is 0. The quantitative estimate of drug-likeness (QED) is 0.442. The number of morpholine rings is 2. The van der Waals surface area contributed by atoms with Crippen molar-refractivity contribution in [2.45, 2.75) is 53.2 Å². The highest BCUT2D eigenvalue weighted by atomic mass is 35.5. The van der Waals surface area contributed by atoms with Crippen LogP contribution in [-0.2, 0) is 25.5 Å². The Hall–Kier alpha value is -2.12. The zero-order valence-electron chi connectivity index (χ0n) is 22.9. The van der Waals surface area contributed by atoms with Crippen LogP contribution in [0.3, 0.4) is 0 Å². The summed E-state index contributed by atoms with van der Waals surface area (Å²) in [4.78, 5) is 30.3. The first-order valence-corrected chi connectivity index (χ1v) is 14.0. The van der Waals surface area contributed by atoms with Crippen LogP contribution in [-0.4, -0.2) is 61.0 Å². The van der Waals surface area contributed by atoms with E-state index in [4.69, 9.17) is 32.7 Å². The number of ether oxygens (including phenoxy) is 2. The van der Waals surface area contributed by atoms with Gasteiger partial charge in [-0.15, -0.1) is 0 Å². The van der Waals surface area contributed by atoms with Gasteiger partial charge in [-0.2, -0.15) is 0 Å². The maximum atomic E-state index is 13.7. The van der Waals surface area contributed by atoms with Gasteiger partial charge in [-0.25, -0.2) is 0 Å². The van der Waals surface area contributed by atoms with Gasteiger partial charge in [0, 0.05) is 39.5 Å². The van der Waals surface area contributed by atoms with Crippen molar-refractivity contribution >= 4 is 35.0 Å². The van der Waals surface area contributed by atoms with Crippen LogP contribution in [0.5, 0.6) is 0 Å². The molecule has 0 saturated carbocycles. The minimum absolute atomic E-state index is 0.0835. The lowest BCUT2D eigenvalue weighted by atomic mass is 9.83. The predicted molar refractivity (Wildman–Crippen MR) is 150 cm³/mol. The lowest BCUT2D eigenvalue weighted by Gasteiger charge is -2.38. The van der Waals surface area contributed by atoms with Crippen molar-refractivity contribution < 1.29 is 19.1 Å². The Morgan fingerprint density at radius 2 is 1.50 bits per heavy atom. The molecule has 2 saturated heterocycles. The van der Waals surface area contributed by atoms with Gasteiger partial charge >= 0.3 is 0 Å². The van der Waals surface area contributed by atoms with Gasteiger partial charge in [-0.05, 0) is 35.7 Å². The fourth-order valence-corrected chi connectivity index (χ4v) is 5.64. The number of carbonyl (C=O) groups excluding carboxylic acids is 2.